The molecule has 0 aliphatic carbocycles. The minimum absolute atomic E-state index is 0.0331. The normalized spacial score (nSPS) is 12.2. The van der Waals surface area contributed by atoms with Gasteiger partial charge >= 0.3 is 0 Å². The average Bonchev–Trinajstić information content (AvgIpc) is 3.15. The lowest BCUT2D eigenvalue weighted by Crippen LogP contribution is -2.07. The third-order valence-corrected chi connectivity index (χ3v) is 4.88. The van der Waals surface area contributed by atoms with E-state index in [-0.39, 0.29) is 11.9 Å². The molecule has 1 aromatic heterocycles. The van der Waals surface area contributed by atoms with Crippen LogP contribution in [0.5, 0.6) is 5.75 Å². The van der Waals surface area contributed by atoms with E-state index in [0.29, 0.717) is 0 Å². The summed E-state index contributed by atoms with van der Waals surface area (Å²) < 4.78 is 21.4. The van der Waals surface area contributed by atoms with Crippen LogP contribution in [0, 0.1) is 5.82 Å². The van der Waals surface area contributed by atoms with Crippen LogP contribution in [-0.4, -0.2) is 9.78 Å². The average molecular weight is 374 g/mol. The first kappa shape index (κ1) is 18.2. The summed E-state index contributed by atoms with van der Waals surface area (Å²) in [6.07, 6.45) is 5.08. The van der Waals surface area contributed by atoms with E-state index in [2.05, 4.69) is 24.2 Å². The highest BCUT2D eigenvalue weighted by atomic mass is 19.1. The van der Waals surface area contributed by atoms with Gasteiger partial charge in [-0.15, -0.1) is 0 Å². The number of benzene rings is 3. The monoisotopic (exact) mass is 374 g/mol. The molecule has 3 aromatic carbocycles. The number of nitrogens with zero attached hydrogens (tertiary/aromatic N) is 2. The molecule has 0 fully saturated rings. The Labute approximate surface area is 164 Å². The van der Waals surface area contributed by atoms with Gasteiger partial charge in [-0.2, -0.15) is 5.10 Å². The van der Waals surface area contributed by atoms with Gasteiger partial charge < -0.3 is 4.74 Å². The maximum absolute atomic E-state index is 13.2. The van der Waals surface area contributed by atoms with Crippen LogP contribution in [0.2, 0.25) is 0 Å². The molecule has 0 saturated heterocycles. The van der Waals surface area contributed by atoms with E-state index < -0.39 is 0 Å². The quantitative estimate of drug-likeness (QED) is 0.370. The number of ether oxygens (including phenoxy) is 1. The molecule has 142 valence electrons. The number of halogens is 1. The minimum atomic E-state index is -0.255. The summed E-state index contributed by atoms with van der Waals surface area (Å²) in [5.74, 6) is 0.575. The molecule has 0 N–H and O–H groups in total. The predicted octanol–water partition coefficient (Wildman–Crippen LogP) is 6.47. The van der Waals surface area contributed by atoms with Crippen LogP contribution in [-0.2, 0) is 0 Å². The SMILES string of the molecule is CCCC[C@@H](Oc1ccc2c(cnn2-c2ccc(F)cc2)c1)c1ccccc1. The van der Waals surface area contributed by atoms with E-state index in [0.717, 1.165) is 41.6 Å². The van der Waals surface area contributed by atoms with E-state index in [1.165, 1.54) is 17.7 Å². The van der Waals surface area contributed by atoms with Crippen LogP contribution >= 0.6 is 0 Å². The van der Waals surface area contributed by atoms with Crippen molar-refractivity contribution < 1.29 is 9.13 Å². The molecule has 4 rings (SSSR count). The second kappa shape index (κ2) is 8.26. The Morgan fingerprint density at radius 1 is 1.00 bits per heavy atom. The Kier molecular flexibility index (Phi) is 5.38. The molecule has 0 radical (unpaired) electrons. The van der Waals surface area contributed by atoms with E-state index in [9.17, 15) is 4.39 Å². The van der Waals surface area contributed by atoms with Gasteiger partial charge in [-0.3, -0.25) is 0 Å². The largest absolute Gasteiger partial charge is 0.486 e. The highest BCUT2D eigenvalue weighted by Crippen LogP contribution is 2.29. The molecule has 1 heterocycles. The molecule has 28 heavy (non-hydrogen) atoms. The molecule has 0 unspecified atom stereocenters. The lowest BCUT2D eigenvalue weighted by atomic mass is 10.0. The number of unbranched alkanes of at least 4 members (excludes halogenated alkanes) is 1. The topological polar surface area (TPSA) is 27.1 Å². The van der Waals surface area contributed by atoms with Crippen molar-refractivity contribution in [3.63, 3.8) is 0 Å². The van der Waals surface area contributed by atoms with Gasteiger partial charge in [0, 0.05) is 5.39 Å². The molecule has 0 amide bonds. The number of aromatic nitrogens is 2. The Morgan fingerprint density at radius 3 is 2.54 bits per heavy atom. The molecule has 0 aliphatic heterocycles. The first-order valence-electron chi connectivity index (χ1n) is 9.70. The van der Waals surface area contributed by atoms with Crippen molar-refractivity contribution in [1.82, 2.24) is 9.78 Å². The van der Waals surface area contributed by atoms with Crippen LogP contribution in [0.1, 0.15) is 37.9 Å². The molecule has 0 bridgehead atoms. The molecule has 4 heteroatoms. The smallest absolute Gasteiger partial charge is 0.124 e. The highest BCUT2D eigenvalue weighted by Gasteiger charge is 2.14. The van der Waals surface area contributed by atoms with E-state index in [1.54, 1.807) is 12.1 Å². The number of fused-ring (bicyclic) bond motifs is 1. The molecule has 0 spiro atoms. The van der Waals surface area contributed by atoms with Crippen LogP contribution < -0.4 is 4.74 Å². The molecular formula is C24H23FN2O. The van der Waals surface area contributed by atoms with Crippen molar-refractivity contribution in [1.29, 1.82) is 0 Å². The summed E-state index contributed by atoms with van der Waals surface area (Å²) in [6, 6.07) is 22.7. The zero-order valence-corrected chi connectivity index (χ0v) is 15.9. The molecule has 4 aromatic rings. The highest BCUT2D eigenvalue weighted by molar-refractivity contribution is 5.81. The van der Waals surface area contributed by atoms with Gasteiger partial charge in [0.2, 0.25) is 0 Å². The summed E-state index contributed by atoms with van der Waals surface area (Å²) in [5, 5.41) is 5.45. The van der Waals surface area contributed by atoms with Crippen LogP contribution in [0.4, 0.5) is 4.39 Å². The van der Waals surface area contributed by atoms with Crippen LogP contribution in [0.25, 0.3) is 16.6 Å². The Hall–Kier alpha value is -3.14. The Morgan fingerprint density at radius 2 is 1.79 bits per heavy atom. The van der Waals surface area contributed by atoms with E-state index in [4.69, 9.17) is 4.74 Å². The fraction of sp³-hybridized carbons (Fsp3) is 0.208. The molecule has 0 aliphatic rings. The molecule has 3 nitrogen and oxygen atoms in total. The van der Waals surface area contributed by atoms with Crippen molar-refractivity contribution in [2.24, 2.45) is 0 Å². The fourth-order valence-corrected chi connectivity index (χ4v) is 3.39. The maximum Gasteiger partial charge on any atom is 0.124 e. The number of hydrogen-bond acceptors (Lipinski definition) is 2. The third-order valence-electron chi connectivity index (χ3n) is 4.88. The molecule has 1 atom stereocenters. The van der Waals surface area contributed by atoms with E-state index in [1.807, 2.05) is 47.3 Å². The lowest BCUT2D eigenvalue weighted by molar-refractivity contribution is 0.191. The van der Waals surface area contributed by atoms with Crippen molar-refractivity contribution in [3.05, 3.63) is 90.4 Å². The Bertz CT molecular complexity index is 1040. The second-order valence-corrected chi connectivity index (χ2v) is 6.91. The van der Waals surface area contributed by atoms with Gasteiger partial charge in [0.25, 0.3) is 0 Å². The lowest BCUT2D eigenvalue weighted by Gasteiger charge is -2.19. The van der Waals surface area contributed by atoms with Gasteiger partial charge in [0.15, 0.2) is 0 Å². The maximum atomic E-state index is 13.2. The predicted molar refractivity (Wildman–Crippen MR) is 110 cm³/mol. The number of rotatable bonds is 7. The second-order valence-electron chi connectivity index (χ2n) is 6.91. The van der Waals surface area contributed by atoms with Crippen molar-refractivity contribution in [2.45, 2.75) is 32.3 Å². The van der Waals surface area contributed by atoms with Crippen LogP contribution in [0.15, 0.2) is 79.0 Å². The summed E-state index contributed by atoms with van der Waals surface area (Å²) in [5.41, 5.74) is 2.98. The van der Waals surface area contributed by atoms with Gasteiger partial charge in [0.05, 0.1) is 17.4 Å². The summed E-state index contributed by atoms with van der Waals surface area (Å²) in [7, 11) is 0. The van der Waals surface area contributed by atoms with Crippen LogP contribution in [0.3, 0.4) is 0 Å². The van der Waals surface area contributed by atoms with E-state index >= 15 is 0 Å². The molecular weight excluding hydrogens is 351 g/mol. The zero-order chi connectivity index (χ0) is 19.3. The van der Waals surface area contributed by atoms with Gasteiger partial charge in [0.1, 0.15) is 17.7 Å². The van der Waals surface area contributed by atoms with Gasteiger partial charge in [-0.25, -0.2) is 9.07 Å². The zero-order valence-electron chi connectivity index (χ0n) is 15.9. The first-order valence-corrected chi connectivity index (χ1v) is 9.70. The third kappa shape index (κ3) is 3.91. The summed E-state index contributed by atoms with van der Waals surface area (Å²) in [4.78, 5) is 0. The first-order chi connectivity index (χ1) is 13.7. The molecule has 0 saturated carbocycles. The van der Waals surface area contributed by atoms with Crippen molar-refractivity contribution >= 4 is 10.9 Å². The van der Waals surface area contributed by atoms with Gasteiger partial charge in [-0.1, -0.05) is 43.7 Å². The summed E-state index contributed by atoms with van der Waals surface area (Å²) >= 11 is 0. The fourth-order valence-electron chi connectivity index (χ4n) is 3.39. The number of hydrogen-bond donors (Lipinski definition) is 0. The van der Waals surface area contributed by atoms with Crippen molar-refractivity contribution in [3.8, 4) is 11.4 Å². The van der Waals surface area contributed by atoms with Crippen molar-refractivity contribution in [2.75, 3.05) is 0 Å². The van der Waals surface area contributed by atoms with Gasteiger partial charge in [-0.05, 0) is 60.9 Å². The minimum Gasteiger partial charge on any atom is -0.486 e. The standard InChI is InChI=1S/C24H23FN2O/c1-2-3-9-24(18-7-5-4-6-8-18)28-22-14-15-23-19(16-22)17-26-27(23)21-12-10-20(25)11-13-21/h4-8,10-17,24H,2-3,9H2,1H3/t24-/m1/s1. The Balaban J connectivity index is 1.61. The summed E-state index contributed by atoms with van der Waals surface area (Å²) in [6.45, 7) is 2.19.